The van der Waals surface area contributed by atoms with E-state index in [1.807, 2.05) is 13.0 Å². The summed E-state index contributed by atoms with van der Waals surface area (Å²) in [5, 5.41) is 14.5. The second kappa shape index (κ2) is 11.1. The molecular weight excluding hydrogens is 483 g/mol. The fourth-order valence-corrected chi connectivity index (χ4v) is 4.27. The molecule has 1 aromatic heterocycles. The molecule has 0 aliphatic rings. The highest BCUT2D eigenvalue weighted by Crippen LogP contribution is 2.31. The number of nitrogens with one attached hydrogen (secondary N) is 1. The molecule has 1 heterocycles. The summed E-state index contributed by atoms with van der Waals surface area (Å²) in [6.07, 6.45) is 1.48. The number of nitrogens with two attached hydrogens (primary N) is 1. The van der Waals surface area contributed by atoms with E-state index in [4.69, 9.17) is 43.7 Å². The Bertz CT molecular complexity index is 1250. The van der Waals surface area contributed by atoms with Crippen molar-refractivity contribution in [3.8, 4) is 17.6 Å². The van der Waals surface area contributed by atoms with E-state index in [0.717, 1.165) is 16.9 Å². The summed E-state index contributed by atoms with van der Waals surface area (Å²) >= 11 is 13.2. The maximum Gasteiger partial charge on any atom is 0.281 e. The topological polar surface area (TPSA) is 110 Å². The highest BCUT2D eigenvalue weighted by molar-refractivity contribution is 7.18. The molecule has 2 aromatic carbocycles. The molecule has 0 aliphatic carbocycles. The lowest BCUT2D eigenvalue weighted by atomic mass is 10.2. The first-order valence-corrected chi connectivity index (χ1v) is 11.4. The Kier molecular flexibility index (Phi) is 8.17. The van der Waals surface area contributed by atoms with Crippen LogP contribution in [0.25, 0.3) is 0 Å². The van der Waals surface area contributed by atoms with Gasteiger partial charge in [0, 0.05) is 15.6 Å². The zero-order valence-electron chi connectivity index (χ0n) is 17.8. The van der Waals surface area contributed by atoms with Crippen LogP contribution in [0.1, 0.15) is 38.8 Å². The lowest BCUT2D eigenvalue weighted by molar-refractivity contribution is 0.0958. The maximum absolute atomic E-state index is 12.4. The maximum atomic E-state index is 12.4. The molecule has 3 N–H and O–H groups in total. The number of carbonyl (C=O) groups is 1. The van der Waals surface area contributed by atoms with Gasteiger partial charge in [0.1, 0.15) is 22.6 Å². The average molecular weight is 503 g/mol. The Balaban J connectivity index is 1.70. The molecule has 170 valence electrons. The number of hydrogen-bond acceptors (Lipinski definition) is 7. The monoisotopic (exact) mass is 502 g/mol. The number of rotatable bonds is 8. The molecule has 0 unspecified atom stereocenters. The molecule has 0 saturated carbocycles. The number of nitriles is 1. The molecule has 0 fully saturated rings. The van der Waals surface area contributed by atoms with Crippen LogP contribution >= 0.6 is 34.5 Å². The van der Waals surface area contributed by atoms with Gasteiger partial charge in [-0.15, -0.1) is 11.3 Å². The summed E-state index contributed by atoms with van der Waals surface area (Å²) in [7, 11) is 0. The van der Waals surface area contributed by atoms with Gasteiger partial charge >= 0.3 is 0 Å². The molecule has 0 aliphatic heterocycles. The van der Waals surface area contributed by atoms with E-state index in [9.17, 15) is 4.79 Å². The lowest BCUT2D eigenvalue weighted by Gasteiger charge is -2.13. The number of ether oxygens (including phenoxy) is 2. The molecule has 0 saturated heterocycles. The third kappa shape index (κ3) is 5.96. The minimum atomic E-state index is -0.438. The molecule has 0 spiro atoms. The summed E-state index contributed by atoms with van der Waals surface area (Å²) in [5.41, 5.74) is 10.6. The Hall–Kier alpha value is -3.25. The number of nitrogens with zero attached hydrogens (tertiary/aromatic N) is 2. The zero-order valence-corrected chi connectivity index (χ0v) is 20.1. The quantitative estimate of drug-likeness (QED) is 0.309. The van der Waals surface area contributed by atoms with Crippen molar-refractivity contribution >= 4 is 51.7 Å². The van der Waals surface area contributed by atoms with E-state index < -0.39 is 5.91 Å². The van der Waals surface area contributed by atoms with Crippen LogP contribution in [0.2, 0.25) is 10.0 Å². The Morgan fingerprint density at radius 1 is 1.24 bits per heavy atom. The number of halogens is 2. The van der Waals surface area contributed by atoms with E-state index in [1.54, 1.807) is 43.3 Å². The van der Waals surface area contributed by atoms with Gasteiger partial charge in [0.15, 0.2) is 11.5 Å². The summed E-state index contributed by atoms with van der Waals surface area (Å²) in [6.45, 7) is 4.23. The van der Waals surface area contributed by atoms with Crippen LogP contribution in [-0.4, -0.2) is 18.7 Å². The van der Waals surface area contributed by atoms with Crippen molar-refractivity contribution in [1.29, 1.82) is 5.26 Å². The van der Waals surface area contributed by atoms with Gasteiger partial charge in [-0.1, -0.05) is 29.3 Å². The Labute approximate surface area is 205 Å². The van der Waals surface area contributed by atoms with E-state index >= 15 is 0 Å². The van der Waals surface area contributed by atoms with Crippen molar-refractivity contribution in [3.63, 3.8) is 0 Å². The lowest BCUT2D eigenvalue weighted by Crippen LogP contribution is -2.17. The summed E-state index contributed by atoms with van der Waals surface area (Å²) in [5.74, 6) is 0.628. The van der Waals surface area contributed by atoms with E-state index in [1.165, 1.54) is 6.21 Å². The number of nitrogen functional groups attached to an aromatic ring is 1. The number of benzene rings is 2. The van der Waals surface area contributed by atoms with Crippen molar-refractivity contribution in [2.45, 2.75) is 20.5 Å². The number of anilines is 1. The molecule has 7 nitrogen and oxygen atoms in total. The Morgan fingerprint density at radius 3 is 2.70 bits per heavy atom. The van der Waals surface area contributed by atoms with E-state index in [2.05, 4.69) is 10.5 Å². The molecular formula is C23H20Cl2N4O3S. The predicted molar refractivity (Wildman–Crippen MR) is 132 cm³/mol. The number of hydrazone groups is 1. The summed E-state index contributed by atoms with van der Waals surface area (Å²) < 4.78 is 11.6. The minimum Gasteiger partial charge on any atom is -0.490 e. The standard InChI is InChI=1S/C23H20Cl2N4O3S/c1-3-31-20-8-14(4-7-19(20)32-12-15-5-6-16(24)9-18(15)25)11-28-29-23(30)21-13(2)17(10-26)22(27)33-21/h4-9,11H,3,12,27H2,1-2H3,(H,29,30). The van der Waals surface area contributed by atoms with Crippen LogP contribution in [0.3, 0.4) is 0 Å². The number of hydrogen-bond donors (Lipinski definition) is 2. The largest absolute Gasteiger partial charge is 0.490 e. The van der Waals surface area contributed by atoms with Crippen LogP contribution < -0.4 is 20.6 Å². The predicted octanol–water partition coefficient (Wildman–Crippen LogP) is 5.56. The molecule has 10 heteroatoms. The molecule has 0 atom stereocenters. The molecule has 3 aromatic rings. The van der Waals surface area contributed by atoms with Gasteiger partial charge in [0.05, 0.1) is 18.4 Å². The molecule has 0 bridgehead atoms. The second-order valence-corrected chi connectivity index (χ2v) is 8.67. The normalized spacial score (nSPS) is 10.8. The van der Waals surface area contributed by atoms with Crippen LogP contribution in [0.15, 0.2) is 41.5 Å². The van der Waals surface area contributed by atoms with Gasteiger partial charge in [-0.25, -0.2) is 5.43 Å². The van der Waals surface area contributed by atoms with Gasteiger partial charge in [-0.05, 0) is 55.3 Å². The first-order chi connectivity index (χ1) is 15.8. The Morgan fingerprint density at radius 2 is 2.03 bits per heavy atom. The van der Waals surface area contributed by atoms with Gasteiger partial charge in [-0.3, -0.25) is 4.79 Å². The van der Waals surface area contributed by atoms with Crippen molar-refractivity contribution in [1.82, 2.24) is 5.43 Å². The van der Waals surface area contributed by atoms with Gasteiger partial charge < -0.3 is 15.2 Å². The smallest absolute Gasteiger partial charge is 0.281 e. The third-order valence-electron chi connectivity index (χ3n) is 4.54. The SMILES string of the molecule is CCOc1cc(C=NNC(=O)c2sc(N)c(C#N)c2C)ccc1OCc1ccc(Cl)cc1Cl. The minimum absolute atomic E-state index is 0.244. The summed E-state index contributed by atoms with van der Waals surface area (Å²) in [4.78, 5) is 12.7. The first-order valence-electron chi connectivity index (χ1n) is 9.80. The summed E-state index contributed by atoms with van der Waals surface area (Å²) in [6, 6.07) is 12.5. The molecule has 1 amide bonds. The van der Waals surface area contributed by atoms with Crippen LogP contribution in [0.4, 0.5) is 5.00 Å². The number of carbonyl (C=O) groups excluding carboxylic acids is 1. The van der Waals surface area contributed by atoms with Crippen LogP contribution in [0, 0.1) is 18.3 Å². The van der Waals surface area contributed by atoms with Crippen LogP contribution in [0.5, 0.6) is 11.5 Å². The van der Waals surface area contributed by atoms with Gasteiger partial charge in [-0.2, -0.15) is 10.4 Å². The molecule has 33 heavy (non-hydrogen) atoms. The van der Waals surface area contributed by atoms with Gasteiger partial charge in [0.2, 0.25) is 0 Å². The fraction of sp³-hybridized carbons (Fsp3) is 0.174. The molecule has 3 rings (SSSR count). The highest BCUT2D eigenvalue weighted by Gasteiger charge is 2.18. The van der Waals surface area contributed by atoms with Crippen molar-refractivity contribution in [2.75, 3.05) is 12.3 Å². The van der Waals surface area contributed by atoms with Crippen molar-refractivity contribution in [2.24, 2.45) is 5.10 Å². The first kappa shape index (κ1) is 24.4. The van der Waals surface area contributed by atoms with Gasteiger partial charge in [0.25, 0.3) is 5.91 Å². The molecule has 0 radical (unpaired) electrons. The average Bonchev–Trinajstić information content (AvgIpc) is 3.07. The highest BCUT2D eigenvalue weighted by atomic mass is 35.5. The van der Waals surface area contributed by atoms with E-state index in [-0.39, 0.29) is 6.61 Å². The second-order valence-electron chi connectivity index (χ2n) is 6.77. The zero-order chi connectivity index (χ0) is 24.0. The number of thiophene rings is 1. The van der Waals surface area contributed by atoms with Crippen molar-refractivity contribution < 1.29 is 14.3 Å². The fourth-order valence-electron chi connectivity index (χ4n) is 2.89. The van der Waals surface area contributed by atoms with Crippen molar-refractivity contribution in [3.05, 3.63) is 73.6 Å². The van der Waals surface area contributed by atoms with E-state index in [0.29, 0.717) is 54.7 Å². The number of amides is 1. The van der Waals surface area contributed by atoms with Crippen LogP contribution in [-0.2, 0) is 6.61 Å². The third-order valence-corrected chi connectivity index (χ3v) is 6.24.